The summed E-state index contributed by atoms with van der Waals surface area (Å²) in [4.78, 5) is 2.39. The second-order valence-electron chi connectivity index (χ2n) is 3.90. The fourth-order valence-electron chi connectivity index (χ4n) is 2.13. The van der Waals surface area contributed by atoms with Crippen LogP contribution in [0.3, 0.4) is 0 Å². The highest BCUT2D eigenvalue weighted by Crippen LogP contribution is 2.47. The molecule has 0 aromatic heterocycles. The van der Waals surface area contributed by atoms with E-state index in [0.29, 0.717) is 17.5 Å². The fraction of sp³-hybridized carbons (Fsp3) is 1.00. The average molecular weight is 279 g/mol. The molecule has 15 heavy (non-hydrogen) atoms. The first-order chi connectivity index (χ1) is 6.17. The van der Waals surface area contributed by atoms with Crippen LogP contribution in [0.1, 0.15) is 6.42 Å². The van der Waals surface area contributed by atoms with Crippen LogP contribution in [0.2, 0.25) is 0 Å². The van der Waals surface area contributed by atoms with Gasteiger partial charge < -0.3 is 5.32 Å². The lowest BCUT2D eigenvalue weighted by Gasteiger charge is -2.34. The summed E-state index contributed by atoms with van der Waals surface area (Å²) in [6, 6.07) is 0.423. The third-order valence-electron chi connectivity index (χ3n) is 2.91. The molecular formula is C8H20Cl2N2O2S. The standard InChI is InChI=1S/C8H18N2O2S.2ClH/c11-13(12)6-1-8(7-13)10-4-2-9-3-5-10;;/h8-9,11-12H,1-7H2;2*1H. The fourth-order valence-corrected chi connectivity index (χ4v) is 3.94. The summed E-state index contributed by atoms with van der Waals surface area (Å²) in [6.45, 7) is 4.19. The molecule has 2 saturated heterocycles. The van der Waals surface area contributed by atoms with Crippen molar-refractivity contribution in [2.45, 2.75) is 12.5 Å². The molecule has 2 heterocycles. The summed E-state index contributed by atoms with van der Waals surface area (Å²) < 4.78 is 19.0. The van der Waals surface area contributed by atoms with Gasteiger partial charge in [-0.05, 0) is 6.42 Å². The number of halogens is 2. The first-order valence-electron chi connectivity index (χ1n) is 4.86. The predicted molar refractivity (Wildman–Crippen MR) is 69.9 cm³/mol. The van der Waals surface area contributed by atoms with E-state index in [1.807, 2.05) is 0 Å². The third-order valence-corrected chi connectivity index (χ3v) is 4.71. The molecule has 2 fully saturated rings. The van der Waals surface area contributed by atoms with E-state index in [-0.39, 0.29) is 24.8 Å². The predicted octanol–water partition coefficient (Wildman–Crippen LogP) is 1.26. The van der Waals surface area contributed by atoms with Gasteiger partial charge in [0.05, 0.1) is 5.75 Å². The first kappa shape index (κ1) is 15.8. The van der Waals surface area contributed by atoms with E-state index in [1.54, 1.807) is 0 Å². The van der Waals surface area contributed by atoms with Crippen molar-refractivity contribution in [1.29, 1.82) is 0 Å². The van der Waals surface area contributed by atoms with Gasteiger partial charge >= 0.3 is 0 Å². The molecule has 2 rings (SSSR count). The molecule has 3 N–H and O–H groups in total. The van der Waals surface area contributed by atoms with Crippen LogP contribution in [0.4, 0.5) is 0 Å². The molecule has 0 aliphatic carbocycles. The van der Waals surface area contributed by atoms with Crippen LogP contribution in [0, 0.1) is 0 Å². The van der Waals surface area contributed by atoms with Gasteiger partial charge in [0.2, 0.25) is 0 Å². The normalized spacial score (nSPS) is 32.5. The van der Waals surface area contributed by atoms with Gasteiger partial charge in [-0.3, -0.25) is 14.0 Å². The minimum atomic E-state index is -2.21. The van der Waals surface area contributed by atoms with Crippen molar-refractivity contribution in [1.82, 2.24) is 10.2 Å². The maximum Gasteiger partial charge on any atom is 0.0530 e. The van der Waals surface area contributed by atoms with Crippen LogP contribution >= 0.6 is 35.4 Å². The van der Waals surface area contributed by atoms with Crippen LogP contribution in [0.5, 0.6) is 0 Å². The zero-order chi connectivity index (χ0) is 9.31. The van der Waals surface area contributed by atoms with E-state index in [1.165, 1.54) is 0 Å². The van der Waals surface area contributed by atoms with Gasteiger partial charge in [0, 0.05) is 38.0 Å². The number of hydrogen-bond donors (Lipinski definition) is 3. The van der Waals surface area contributed by atoms with Gasteiger partial charge in [-0.15, -0.1) is 24.8 Å². The molecule has 94 valence electrons. The Kier molecular flexibility index (Phi) is 6.83. The highest BCUT2D eigenvalue weighted by molar-refractivity contribution is 8.24. The van der Waals surface area contributed by atoms with E-state index in [4.69, 9.17) is 0 Å². The Labute approximate surface area is 105 Å². The molecule has 0 aromatic rings. The molecule has 0 spiro atoms. The van der Waals surface area contributed by atoms with Gasteiger partial charge in [0.25, 0.3) is 0 Å². The number of nitrogens with one attached hydrogen (secondary N) is 1. The summed E-state index contributed by atoms with van der Waals surface area (Å²) in [6.07, 6.45) is 0.961. The van der Waals surface area contributed by atoms with Gasteiger partial charge in [-0.2, -0.15) is 10.6 Å². The van der Waals surface area contributed by atoms with Crippen LogP contribution in [-0.4, -0.2) is 57.7 Å². The summed E-state index contributed by atoms with van der Waals surface area (Å²) in [5.74, 6) is 1.22. The molecule has 0 aromatic carbocycles. The summed E-state index contributed by atoms with van der Waals surface area (Å²) in [7, 11) is -2.21. The molecule has 0 bridgehead atoms. The Hall–Kier alpha value is 0.770. The van der Waals surface area contributed by atoms with E-state index in [9.17, 15) is 9.11 Å². The van der Waals surface area contributed by atoms with Crippen LogP contribution in [0.25, 0.3) is 0 Å². The zero-order valence-electron chi connectivity index (χ0n) is 8.59. The second kappa shape index (κ2) is 6.49. The molecular weight excluding hydrogens is 259 g/mol. The Morgan fingerprint density at radius 1 is 1.13 bits per heavy atom. The van der Waals surface area contributed by atoms with Crippen LogP contribution in [0.15, 0.2) is 0 Å². The molecule has 2 aliphatic rings. The number of hydrogen-bond acceptors (Lipinski definition) is 4. The third kappa shape index (κ3) is 4.26. The SMILES string of the molecule is Cl.Cl.OS1(O)CCC(N2CCNCC2)C1. The van der Waals surface area contributed by atoms with Crippen molar-refractivity contribution in [3.8, 4) is 0 Å². The van der Waals surface area contributed by atoms with E-state index in [2.05, 4.69) is 10.2 Å². The smallest absolute Gasteiger partial charge is 0.0530 e. The summed E-state index contributed by atoms with van der Waals surface area (Å²) >= 11 is 0. The molecule has 1 unspecified atom stereocenters. The topological polar surface area (TPSA) is 55.7 Å². The Bertz CT molecular complexity index is 191. The summed E-state index contributed by atoms with van der Waals surface area (Å²) in [5, 5.41) is 3.30. The van der Waals surface area contributed by atoms with E-state index < -0.39 is 10.6 Å². The van der Waals surface area contributed by atoms with Crippen molar-refractivity contribution in [2.75, 3.05) is 37.7 Å². The quantitative estimate of drug-likeness (QED) is 0.676. The Morgan fingerprint density at radius 2 is 1.73 bits per heavy atom. The minimum Gasteiger partial charge on any atom is -0.314 e. The van der Waals surface area contributed by atoms with Gasteiger partial charge in [-0.25, -0.2) is 0 Å². The van der Waals surface area contributed by atoms with Crippen molar-refractivity contribution in [3.05, 3.63) is 0 Å². The highest BCUT2D eigenvalue weighted by Gasteiger charge is 2.32. The van der Waals surface area contributed by atoms with Crippen molar-refractivity contribution in [2.24, 2.45) is 0 Å². The first-order valence-corrected chi connectivity index (χ1v) is 6.74. The zero-order valence-corrected chi connectivity index (χ0v) is 11.0. The van der Waals surface area contributed by atoms with Crippen molar-refractivity contribution < 1.29 is 9.11 Å². The molecule has 1 atom stereocenters. The largest absolute Gasteiger partial charge is 0.314 e. The molecule has 7 heteroatoms. The van der Waals surface area contributed by atoms with E-state index >= 15 is 0 Å². The second-order valence-corrected chi connectivity index (χ2v) is 6.25. The molecule has 4 nitrogen and oxygen atoms in total. The van der Waals surface area contributed by atoms with Gasteiger partial charge in [0.1, 0.15) is 0 Å². The monoisotopic (exact) mass is 278 g/mol. The lowest BCUT2D eigenvalue weighted by atomic mass is 10.2. The average Bonchev–Trinajstić information content (AvgIpc) is 2.48. The summed E-state index contributed by atoms with van der Waals surface area (Å²) in [5.41, 5.74) is 0. The maximum absolute atomic E-state index is 9.49. The molecule has 0 amide bonds. The Balaban J connectivity index is 0.000000980. The molecule has 2 aliphatic heterocycles. The lowest BCUT2D eigenvalue weighted by Crippen LogP contribution is -2.48. The van der Waals surface area contributed by atoms with Crippen LogP contribution in [-0.2, 0) is 0 Å². The van der Waals surface area contributed by atoms with Gasteiger partial charge in [-0.1, -0.05) is 0 Å². The number of nitrogens with zero attached hydrogens (tertiary/aromatic N) is 1. The number of rotatable bonds is 1. The minimum absolute atomic E-state index is 0. The highest BCUT2D eigenvalue weighted by atomic mass is 35.5. The van der Waals surface area contributed by atoms with Gasteiger partial charge in [0.15, 0.2) is 0 Å². The maximum atomic E-state index is 9.49. The van der Waals surface area contributed by atoms with E-state index in [0.717, 1.165) is 32.6 Å². The lowest BCUT2D eigenvalue weighted by molar-refractivity contribution is 0.187. The van der Waals surface area contributed by atoms with Crippen LogP contribution < -0.4 is 5.32 Å². The Morgan fingerprint density at radius 3 is 2.20 bits per heavy atom. The molecule has 0 radical (unpaired) electrons. The van der Waals surface area contributed by atoms with Crippen molar-refractivity contribution >= 4 is 35.4 Å². The number of piperazine rings is 1. The van der Waals surface area contributed by atoms with Crippen molar-refractivity contribution in [3.63, 3.8) is 0 Å². The molecule has 0 saturated carbocycles.